The molecule has 0 radical (unpaired) electrons. The van der Waals surface area contributed by atoms with Crippen LogP contribution >= 0.6 is 0 Å². The number of carbonyl (C=O) groups is 3. The van der Waals surface area contributed by atoms with Gasteiger partial charge in [0, 0.05) is 26.9 Å². The van der Waals surface area contributed by atoms with E-state index in [2.05, 4.69) is 14.2 Å². The normalized spacial score (nSPS) is 9.84. The van der Waals surface area contributed by atoms with Crippen LogP contribution in [0.25, 0.3) is 0 Å². The maximum absolute atomic E-state index is 10.8. The summed E-state index contributed by atoms with van der Waals surface area (Å²) in [6, 6.07) is 0. The molecule has 9 heteroatoms. The molecule has 0 atom stereocenters. The van der Waals surface area contributed by atoms with Gasteiger partial charge in [-0.3, -0.25) is 14.4 Å². The lowest BCUT2D eigenvalue weighted by Crippen LogP contribution is -2.22. The summed E-state index contributed by atoms with van der Waals surface area (Å²) in [6.07, 6.45) is 1.81. The van der Waals surface area contributed by atoms with Crippen molar-refractivity contribution in [2.45, 2.75) is 40.0 Å². The molecule has 9 nitrogen and oxygen atoms in total. The molecule has 0 amide bonds. The summed E-state index contributed by atoms with van der Waals surface area (Å²) in [4.78, 5) is 31.6. The molecule has 0 spiro atoms. The van der Waals surface area contributed by atoms with E-state index in [0.717, 1.165) is 6.42 Å². The summed E-state index contributed by atoms with van der Waals surface area (Å²) < 4.78 is 18.7. The van der Waals surface area contributed by atoms with E-state index in [1.807, 2.05) is 6.92 Å². The van der Waals surface area contributed by atoms with Crippen LogP contribution < -0.4 is 0 Å². The lowest BCUT2D eigenvalue weighted by molar-refractivity contribution is -0.147. The molecule has 0 aromatic carbocycles. The van der Waals surface area contributed by atoms with E-state index in [1.54, 1.807) is 0 Å². The molecule has 0 saturated carbocycles. The number of carbonyl (C=O) groups excluding carboxylic acids is 3. The Balaban J connectivity index is 0. The van der Waals surface area contributed by atoms with Gasteiger partial charge in [0.15, 0.2) is 0 Å². The second-order valence-electron chi connectivity index (χ2n) is 5.02. The highest BCUT2D eigenvalue weighted by molar-refractivity contribution is 5.69. The Morgan fingerprint density at radius 1 is 0.920 bits per heavy atom. The largest absolute Gasteiger partial charge is 0.466 e. The van der Waals surface area contributed by atoms with Crippen molar-refractivity contribution >= 4 is 17.9 Å². The fraction of sp³-hybridized carbons (Fsp3) is 0.812. The highest BCUT2D eigenvalue weighted by Gasteiger charge is 2.10. The molecule has 0 rings (SSSR count). The lowest BCUT2D eigenvalue weighted by Gasteiger charge is -2.12. The number of aliphatic hydroxyl groups excluding tert-OH is 2. The van der Waals surface area contributed by atoms with E-state index in [4.69, 9.17) is 14.9 Å². The summed E-state index contributed by atoms with van der Waals surface area (Å²) in [5.74, 6) is -1.37. The Bertz CT molecular complexity index is 340. The smallest absolute Gasteiger partial charge is 0.305 e. The predicted molar refractivity (Wildman–Crippen MR) is 87.4 cm³/mol. The maximum Gasteiger partial charge on any atom is 0.305 e. The van der Waals surface area contributed by atoms with Crippen molar-refractivity contribution in [3.05, 3.63) is 0 Å². The fourth-order valence-corrected chi connectivity index (χ4v) is 1.30. The highest BCUT2D eigenvalue weighted by Crippen LogP contribution is 1.98. The van der Waals surface area contributed by atoms with Crippen molar-refractivity contribution in [2.75, 3.05) is 39.8 Å². The second kappa shape index (κ2) is 18.6. The van der Waals surface area contributed by atoms with E-state index in [9.17, 15) is 14.4 Å². The quantitative estimate of drug-likeness (QED) is 0.218. The van der Waals surface area contributed by atoms with Crippen molar-refractivity contribution in [2.24, 2.45) is 5.92 Å². The minimum absolute atomic E-state index is 0.0686. The molecular formula is C16H30O9. The number of rotatable bonds is 12. The van der Waals surface area contributed by atoms with Gasteiger partial charge >= 0.3 is 17.9 Å². The van der Waals surface area contributed by atoms with Gasteiger partial charge < -0.3 is 29.2 Å². The van der Waals surface area contributed by atoms with Crippen LogP contribution in [0.1, 0.15) is 40.0 Å². The first-order valence-corrected chi connectivity index (χ1v) is 8.09. The minimum Gasteiger partial charge on any atom is -0.466 e. The Morgan fingerprint density at radius 2 is 1.48 bits per heavy atom. The molecule has 0 saturated heterocycles. The average molecular weight is 366 g/mol. The monoisotopic (exact) mass is 366 g/mol. The van der Waals surface area contributed by atoms with Gasteiger partial charge in [-0.25, -0.2) is 0 Å². The van der Waals surface area contributed by atoms with E-state index in [1.165, 1.54) is 13.8 Å². The molecule has 0 aliphatic carbocycles. The van der Waals surface area contributed by atoms with Crippen LogP contribution in [0.2, 0.25) is 0 Å². The Labute approximate surface area is 148 Å². The van der Waals surface area contributed by atoms with Gasteiger partial charge in [-0.1, -0.05) is 6.92 Å². The first kappa shape index (κ1) is 25.5. The Kier molecular flexibility index (Phi) is 19.0. The van der Waals surface area contributed by atoms with Gasteiger partial charge in [0.05, 0.1) is 32.3 Å². The fourth-order valence-electron chi connectivity index (χ4n) is 1.30. The van der Waals surface area contributed by atoms with Crippen LogP contribution in [0.5, 0.6) is 0 Å². The summed E-state index contributed by atoms with van der Waals surface area (Å²) in [5.41, 5.74) is 0. The molecule has 0 aliphatic rings. The topological polar surface area (TPSA) is 129 Å². The van der Waals surface area contributed by atoms with E-state index in [0.29, 0.717) is 26.1 Å². The minimum atomic E-state index is -0.415. The number of esters is 3. The van der Waals surface area contributed by atoms with Gasteiger partial charge in [0.25, 0.3) is 0 Å². The van der Waals surface area contributed by atoms with E-state index in [-0.39, 0.29) is 38.5 Å². The molecule has 0 heterocycles. The SMILES string of the molecule is CC(=O)OCC(CO)COC(C)=O.CCCOC(=O)CCCOCO. The summed E-state index contributed by atoms with van der Waals surface area (Å²) in [6.45, 7) is 5.06. The van der Waals surface area contributed by atoms with Gasteiger partial charge in [-0.15, -0.1) is 0 Å². The van der Waals surface area contributed by atoms with Crippen LogP contribution in [-0.4, -0.2) is 67.9 Å². The van der Waals surface area contributed by atoms with Crippen LogP contribution in [0, 0.1) is 5.92 Å². The van der Waals surface area contributed by atoms with E-state index < -0.39 is 11.9 Å². The molecule has 0 fully saturated rings. The molecule has 0 bridgehead atoms. The van der Waals surface area contributed by atoms with Crippen molar-refractivity contribution in [1.82, 2.24) is 0 Å². The standard InChI is InChI=1S/C8H14O5.C8H16O4/c1-6(10)12-4-8(3-9)5-13-7(2)11;1-2-5-12-8(10)4-3-6-11-7-9/h8-9H,3-5H2,1-2H3;9H,2-7H2,1H3. The third-order valence-electron chi connectivity index (χ3n) is 2.53. The van der Waals surface area contributed by atoms with Crippen LogP contribution in [0.4, 0.5) is 0 Å². The molecular weight excluding hydrogens is 336 g/mol. The van der Waals surface area contributed by atoms with E-state index >= 15 is 0 Å². The van der Waals surface area contributed by atoms with Crippen molar-refractivity contribution < 1.29 is 43.5 Å². The van der Waals surface area contributed by atoms with Gasteiger partial charge in [0.2, 0.25) is 0 Å². The van der Waals surface area contributed by atoms with Crippen LogP contribution in [0.3, 0.4) is 0 Å². The van der Waals surface area contributed by atoms with Gasteiger partial charge in [-0.05, 0) is 12.8 Å². The van der Waals surface area contributed by atoms with Crippen LogP contribution in [-0.2, 0) is 33.3 Å². The number of aliphatic hydroxyl groups is 2. The molecule has 0 aliphatic heterocycles. The third-order valence-corrected chi connectivity index (χ3v) is 2.53. The summed E-state index contributed by atoms with van der Waals surface area (Å²) in [5, 5.41) is 17.0. The lowest BCUT2D eigenvalue weighted by atomic mass is 10.2. The first-order chi connectivity index (χ1) is 11.9. The highest BCUT2D eigenvalue weighted by atomic mass is 16.6. The van der Waals surface area contributed by atoms with Gasteiger partial charge in [-0.2, -0.15) is 0 Å². The number of ether oxygens (including phenoxy) is 4. The number of hydrogen-bond acceptors (Lipinski definition) is 9. The predicted octanol–water partition coefficient (Wildman–Crippen LogP) is 0.407. The van der Waals surface area contributed by atoms with Crippen molar-refractivity contribution in [1.29, 1.82) is 0 Å². The molecule has 0 aromatic rings. The average Bonchev–Trinajstić information content (AvgIpc) is 2.57. The molecule has 0 unspecified atom stereocenters. The molecule has 148 valence electrons. The van der Waals surface area contributed by atoms with Crippen molar-refractivity contribution in [3.63, 3.8) is 0 Å². The zero-order chi connectivity index (χ0) is 19.5. The Morgan fingerprint density at radius 3 is 1.88 bits per heavy atom. The first-order valence-electron chi connectivity index (χ1n) is 8.09. The van der Waals surface area contributed by atoms with Gasteiger partial charge in [0.1, 0.15) is 6.79 Å². The van der Waals surface area contributed by atoms with Crippen LogP contribution in [0.15, 0.2) is 0 Å². The maximum atomic E-state index is 10.8. The summed E-state index contributed by atoms with van der Waals surface area (Å²) >= 11 is 0. The zero-order valence-corrected chi connectivity index (χ0v) is 15.2. The number of hydrogen-bond donors (Lipinski definition) is 2. The molecule has 25 heavy (non-hydrogen) atoms. The summed E-state index contributed by atoms with van der Waals surface area (Å²) in [7, 11) is 0. The second-order valence-corrected chi connectivity index (χ2v) is 5.02. The molecule has 2 N–H and O–H groups in total. The third kappa shape index (κ3) is 22.3. The molecule has 0 aromatic heterocycles. The Hall–Kier alpha value is -1.71. The zero-order valence-electron chi connectivity index (χ0n) is 15.2. The van der Waals surface area contributed by atoms with Crippen molar-refractivity contribution in [3.8, 4) is 0 Å².